The van der Waals surface area contributed by atoms with Crippen molar-refractivity contribution in [2.75, 3.05) is 12.0 Å². The molecule has 0 aromatic heterocycles. The van der Waals surface area contributed by atoms with E-state index in [0.29, 0.717) is 6.42 Å². The molecule has 0 aliphatic carbocycles. The van der Waals surface area contributed by atoms with Gasteiger partial charge in [-0.15, -0.1) is 0 Å². The second-order valence-corrected chi connectivity index (χ2v) is 3.80. The van der Waals surface area contributed by atoms with E-state index in [-0.39, 0.29) is 0 Å². The van der Waals surface area contributed by atoms with E-state index >= 15 is 0 Å². The average Bonchev–Trinajstić information content (AvgIpc) is 2.12. The van der Waals surface area contributed by atoms with Gasteiger partial charge >= 0.3 is 17.9 Å². The van der Waals surface area contributed by atoms with Gasteiger partial charge in [0, 0.05) is 13.8 Å². The minimum Gasteiger partial charge on any atom is -0.480 e. The maximum atomic E-state index is 10.1. The van der Waals surface area contributed by atoms with Crippen LogP contribution in [0.1, 0.15) is 20.3 Å². The zero-order valence-corrected chi connectivity index (χ0v) is 10.4. The van der Waals surface area contributed by atoms with E-state index in [0.717, 1.165) is 5.75 Å². The van der Waals surface area contributed by atoms with Crippen LogP contribution in [0, 0.1) is 0 Å². The van der Waals surface area contributed by atoms with Crippen molar-refractivity contribution in [1.82, 2.24) is 0 Å². The summed E-state index contributed by atoms with van der Waals surface area (Å²) in [6.07, 6.45) is 2.48. The summed E-state index contributed by atoms with van der Waals surface area (Å²) < 4.78 is 3.97. The number of carbonyl (C=O) groups is 3. The maximum Gasteiger partial charge on any atom is 0.320 e. The van der Waals surface area contributed by atoms with Crippen LogP contribution >= 0.6 is 11.8 Å². The Hall–Kier alpha value is -1.08. The molecule has 0 saturated carbocycles. The van der Waals surface area contributed by atoms with Crippen LogP contribution in [0.4, 0.5) is 0 Å². The lowest BCUT2D eigenvalue weighted by Gasteiger charge is -2.02. The molecule has 0 rings (SSSR count). The Balaban J connectivity index is 0. The largest absolute Gasteiger partial charge is 0.480 e. The van der Waals surface area contributed by atoms with E-state index < -0.39 is 23.9 Å². The summed E-state index contributed by atoms with van der Waals surface area (Å²) >= 11 is 1.60. The van der Waals surface area contributed by atoms with Gasteiger partial charge in [-0.25, -0.2) is 0 Å². The van der Waals surface area contributed by atoms with E-state index in [4.69, 9.17) is 10.8 Å². The maximum absolute atomic E-state index is 10.1. The third-order valence-corrected chi connectivity index (χ3v) is 1.88. The van der Waals surface area contributed by atoms with Crippen LogP contribution in [0.15, 0.2) is 0 Å². The van der Waals surface area contributed by atoms with Crippen molar-refractivity contribution in [2.45, 2.75) is 26.3 Å². The predicted molar refractivity (Wildman–Crippen MR) is 61.1 cm³/mol. The van der Waals surface area contributed by atoms with Crippen LogP contribution in [0.2, 0.25) is 0 Å². The average molecular weight is 251 g/mol. The van der Waals surface area contributed by atoms with Crippen LogP contribution in [0.25, 0.3) is 0 Å². The lowest BCUT2D eigenvalue weighted by Crippen LogP contribution is -2.30. The molecule has 7 heteroatoms. The van der Waals surface area contributed by atoms with Gasteiger partial charge in [-0.2, -0.15) is 11.8 Å². The number of thioether (sulfide) groups is 1. The Morgan fingerprint density at radius 1 is 1.31 bits per heavy atom. The van der Waals surface area contributed by atoms with Crippen LogP contribution in [0.3, 0.4) is 0 Å². The Labute approximate surface area is 98.5 Å². The number of hydrogen-bond donors (Lipinski definition) is 2. The molecule has 0 saturated heterocycles. The van der Waals surface area contributed by atoms with Crippen molar-refractivity contribution < 1.29 is 24.2 Å². The molecule has 6 nitrogen and oxygen atoms in total. The zero-order chi connectivity index (χ0) is 13.1. The first-order chi connectivity index (χ1) is 7.31. The number of nitrogens with two attached hydrogens (primary N) is 1. The van der Waals surface area contributed by atoms with Crippen molar-refractivity contribution in [2.24, 2.45) is 5.73 Å². The van der Waals surface area contributed by atoms with Gasteiger partial charge < -0.3 is 15.6 Å². The predicted octanol–water partition coefficient (Wildman–Crippen LogP) is 0.247. The zero-order valence-electron chi connectivity index (χ0n) is 9.56. The molecule has 1 atom stereocenters. The fourth-order valence-electron chi connectivity index (χ4n) is 0.571. The van der Waals surface area contributed by atoms with Gasteiger partial charge in [-0.3, -0.25) is 14.4 Å². The normalized spacial score (nSPS) is 10.8. The number of aliphatic carboxylic acids is 1. The first kappa shape index (κ1) is 17.3. The highest BCUT2D eigenvalue weighted by atomic mass is 32.2. The fraction of sp³-hybridized carbons (Fsp3) is 0.667. The number of hydrogen-bond acceptors (Lipinski definition) is 6. The monoisotopic (exact) mass is 251 g/mol. The molecule has 0 fully saturated rings. The molecule has 94 valence electrons. The third kappa shape index (κ3) is 15.4. The standard InChI is InChI=1S/C5H11NO2S.C4H6O3/c1-9-3-2-4(6)5(7)8;1-3(5)7-4(2)6/h4H,2-3,6H2,1H3,(H,7,8);1-2H3. The summed E-state index contributed by atoms with van der Waals surface area (Å²) in [5, 5.41) is 8.27. The molecule has 0 aliphatic heterocycles. The van der Waals surface area contributed by atoms with Gasteiger partial charge in [0.1, 0.15) is 6.04 Å². The molecular weight excluding hydrogens is 234 g/mol. The van der Waals surface area contributed by atoms with Crippen molar-refractivity contribution in [1.29, 1.82) is 0 Å². The Bertz CT molecular complexity index is 232. The molecule has 3 N–H and O–H groups in total. The molecule has 0 radical (unpaired) electrons. The summed E-state index contributed by atoms with van der Waals surface area (Å²) in [5.41, 5.74) is 5.19. The van der Waals surface area contributed by atoms with Crippen molar-refractivity contribution >= 4 is 29.7 Å². The number of carboxylic acid groups (broad SMARTS) is 1. The van der Waals surface area contributed by atoms with Gasteiger partial charge in [0.25, 0.3) is 0 Å². The SMILES string of the molecule is CC(=O)OC(C)=O.CSCCC(N)C(=O)O. The van der Waals surface area contributed by atoms with Gasteiger partial charge in [-0.05, 0) is 18.4 Å². The summed E-state index contributed by atoms with van der Waals surface area (Å²) in [7, 11) is 0. The lowest BCUT2D eigenvalue weighted by molar-refractivity contribution is -0.156. The highest BCUT2D eigenvalue weighted by Gasteiger charge is 2.08. The molecule has 0 bridgehead atoms. The molecule has 0 aromatic carbocycles. The second kappa shape index (κ2) is 10.4. The van der Waals surface area contributed by atoms with Gasteiger partial charge in [0.15, 0.2) is 0 Å². The van der Waals surface area contributed by atoms with Crippen molar-refractivity contribution in [3.05, 3.63) is 0 Å². The molecule has 0 heterocycles. The summed E-state index contributed by atoms with van der Waals surface area (Å²) in [5.74, 6) is -1.22. The topological polar surface area (TPSA) is 107 Å². The van der Waals surface area contributed by atoms with Crippen LogP contribution in [-0.4, -0.2) is 41.1 Å². The molecular formula is C9H17NO5S. The van der Waals surface area contributed by atoms with Crippen LogP contribution < -0.4 is 5.73 Å². The molecule has 0 amide bonds. The second-order valence-electron chi connectivity index (χ2n) is 2.81. The quantitative estimate of drug-likeness (QED) is 0.544. The van der Waals surface area contributed by atoms with Crippen LogP contribution in [-0.2, 0) is 19.1 Å². The first-order valence-corrected chi connectivity index (χ1v) is 5.87. The molecule has 1 unspecified atom stereocenters. The molecule has 0 spiro atoms. The van der Waals surface area contributed by atoms with Crippen LogP contribution in [0.5, 0.6) is 0 Å². The van der Waals surface area contributed by atoms with Gasteiger partial charge in [0.05, 0.1) is 0 Å². The van der Waals surface area contributed by atoms with E-state index in [1.54, 1.807) is 11.8 Å². The Morgan fingerprint density at radius 2 is 1.75 bits per heavy atom. The summed E-state index contributed by atoms with van der Waals surface area (Å²) in [4.78, 5) is 29.7. The summed E-state index contributed by atoms with van der Waals surface area (Å²) in [6, 6.07) is -0.683. The number of ether oxygens (including phenoxy) is 1. The molecule has 16 heavy (non-hydrogen) atoms. The number of rotatable bonds is 4. The number of esters is 2. The van der Waals surface area contributed by atoms with E-state index in [1.807, 2.05) is 6.26 Å². The molecule has 0 aliphatic rings. The summed E-state index contributed by atoms with van der Waals surface area (Å²) in [6.45, 7) is 2.36. The molecule has 0 aromatic rings. The number of carbonyl (C=O) groups excluding carboxylic acids is 2. The number of carboxylic acids is 1. The highest BCUT2D eigenvalue weighted by Crippen LogP contribution is 1.97. The van der Waals surface area contributed by atoms with Gasteiger partial charge in [0.2, 0.25) is 0 Å². The van der Waals surface area contributed by atoms with Gasteiger partial charge in [-0.1, -0.05) is 0 Å². The first-order valence-electron chi connectivity index (χ1n) is 4.47. The third-order valence-electron chi connectivity index (χ3n) is 1.24. The minimum atomic E-state index is -0.913. The fourth-order valence-corrected chi connectivity index (χ4v) is 1.06. The van der Waals surface area contributed by atoms with Crippen molar-refractivity contribution in [3.63, 3.8) is 0 Å². The van der Waals surface area contributed by atoms with Crippen molar-refractivity contribution in [3.8, 4) is 0 Å². The van der Waals surface area contributed by atoms with E-state index in [9.17, 15) is 14.4 Å². The lowest BCUT2D eigenvalue weighted by atomic mass is 10.2. The Kier molecular flexibility index (Phi) is 11.3. The minimum absolute atomic E-state index is 0.552. The van der Waals surface area contributed by atoms with E-state index in [1.165, 1.54) is 13.8 Å². The smallest absolute Gasteiger partial charge is 0.320 e. The highest BCUT2D eigenvalue weighted by molar-refractivity contribution is 7.98. The Morgan fingerprint density at radius 3 is 1.94 bits per heavy atom. The van der Waals surface area contributed by atoms with E-state index in [2.05, 4.69) is 4.74 Å².